The third-order valence-electron chi connectivity index (χ3n) is 4.63. The molecule has 7 nitrogen and oxygen atoms in total. The van der Waals surface area contributed by atoms with Crippen molar-refractivity contribution in [2.75, 3.05) is 32.8 Å². The summed E-state index contributed by atoms with van der Waals surface area (Å²) >= 11 is 0. The van der Waals surface area contributed by atoms with Gasteiger partial charge in [-0.2, -0.15) is 0 Å². The molecule has 1 aliphatic rings. The van der Waals surface area contributed by atoms with Gasteiger partial charge in [-0.3, -0.25) is 4.79 Å². The summed E-state index contributed by atoms with van der Waals surface area (Å²) in [6.07, 6.45) is 0.0519. The Morgan fingerprint density at radius 3 is 2.54 bits per heavy atom. The minimum absolute atomic E-state index is 0.0801. The average Bonchev–Trinajstić information content (AvgIpc) is 3.06. The van der Waals surface area contributed by atoms with E-state index >= 15 is 0 Å². The predicted octanol–water partition coefficient (Wildman–Crippen LogP) is 2.53. The van der Waals surface area contributed by atoms with E-state index in [1.165, 1.54) is 0 Å². The molecule has 1 aromatic carbocycles. The maximum atomic E-state index is 12.6. The molecule has 0 unspecified atom stereocenters. The van der Waals surface area contributed by atoms with Crippen LogP contribution in [0, 0.1) is 0 Å². The van der Waals surface area contributed by atoms with E-state index in [1.54, 1.807) is 11.8 Å². The largest absolute Gasteiger partial charge is 0.450 e. The van der Waals surface area contributed by atoms with E-state index in [1.807, 2.05) is 23.1 Å². The lowest BCUT2D eigenvalue weighted by atomic mass is 10.1. The summed E-state index contributed by atoms with van der Waals surface area (Å²) < 4.78 is 5.01. The lowest BCUT2D eigenvalue weighted by Crippen LogP contribution is -2.51. The van der Waals surface area contributed by atoms with E-state index < -0.39 is 0 Å². The highest BCUT2D eigenvalue weighted by molar-refractivity contribution is 5.82. The third kappa shape index (κ3) is 3.98. The number of H-pyrrole nitrogens is 1. The second-order valence-corrected chi connectivity index (χ2v) is 6.87. The molecule has 7 heteroatoms. The molecule has 0 bridgehead atoms. The molecule has 0 aliphatic carbocycles. The van der Waals surface area contributed by atoms with Crippen LogP contribution < -0.4 is 0 Å². The van der Waals surface area contributed by atoms with Crippen LogP contribution in [0.15, 0.2) is 18.2 Å². The van der Waals surface area contributed by atoms with Crippen molar-refractivity contribution >= 4 is 23.0 Å². The number of imidazole rings is 1. The lowest BCUT2D eigenvalue weighted by Gasteiger charge is -2.34. The maximum Gasteiger partial charge on any atom is 0.409 e. The fourth-order valence-corrected chi connectivity index (χ4v) is 3.10. The van der Waals surface area contributed by atoms with Gasteiger partial charge >= 0.3 is 6.09 Å². The molecule has 1 aromatic heterocycles. The molecule has 26 heavy (non-hydrogen) atoms. The standard InChI is InChI=1S/C19H26N4O3/c1-4-26-19(25)23-9-7-22(8-10-23)17(24)12-14-5-6-15-16(11-14)21-18(20-15)13(2)3/h5-6,11,13H,4,7-10,12H2,1-3H3,(H,20,21). The molecule has 3 rings (SSSR count). The highest BCUT2D eigenvalue weighted by Gasteiger charge is 2.24. The van der Waals surface area contributed by atoms with E-state index in [0.717, 1.165) is 22.4 Å². The summed E-state index contributed by atoms with van der Waals surface area (Å²) in [7, 11) is 0. The number of fused-ring (bicyclic) bond motifs is 1. The molecule has 1 fully saturated rings. The van der Waals surface area contributed by atoms with E-state index in [9.17, 15) is 9.59 Å². The van der Waals surface area contributed by atoms with Crippen LogP contribution in [-0.4, -0.2) is 64.6 Å². The predicted molar refractivity (Wildman–Crippen MR) is 99.1 cm³/mol. The number of aromatic amines is 1. The van der Waals surface area contributed by atoms with Crippen LogP contribution in [0.1, 0.15) is 38.1 Å². The van der Waals surface area contributed by atoms with E-state index in [2.05, 4.69) is 23.8 Å². The van der Waals surface area contributed by atoms with Crippen LogP contribution >= 0.6 is 0 Å². The van der Waals surface area contributed by atoms with Crippen molar-refractivity contribution in [1.82, 2.24) is 19.8 Å². The van der Waals surface area contributed by atoms with E-state index in [0.29, 0.717) is 45.1 Å². The van der Waals surface area contributed by atoms with Gasteiger partial charge in [0.1, 0.15) is 5.82 Å². The topological polar surface area (TPSA) is 78.5 Å². The summed E-state index contributed by atoms with van der Waals surface area (Å²) in [6, 6.07) is 5.92. The third-order valence-corrected chi connectivity index (χ3v) is 4.63. The lowest BCUT2D eigenvalue weighted by molar-refractivity contribution is -0.132. The molecule has 2 amide bonds. The number of aromatic nitrogens is 2. The molecule has 140 valence electrons. The summed E-state index contributed by atoms with van der Waals surface area (Å²) in [6.45, 7) is 8.47. The van der Waals surface area contributed by atoms with Gasteiger partial charge in [-0.25, -0.2) is 9.78 Å². The number of hydrogen-bond acceptors (Lipinski definition) is 4. The van der Waals surface area contributed by atoms with Crippen molar-refractivity contribution in [2.45, 2.75) is 33.1 Å². The number of carbonyl (C=O) groups is 2. The Morgan fingerprint density at radius 2 is 1.88 bits per heavy atom. The normalized spacial score (nSPS) is 14.9. The first kappa shape index (κ1) is 18.2. The first-order chi connectivity index (χ1) is 12.5. The summed E-state index contributed by atoms with van der Waals surface area (Å²) in [5.41, 5.74) is 2.85. The Morgan fingerprint density at radius 1 is 1.19 bits per heavy atom. The molecule has 0 spiro atoms. The number of nitrogens with zero attached hydrogens (tertiary/aromatic N) is 3. The number of piperazine rings is 1. The number of carbonyl (C=O) groups excluding carboxylic acids is 2. The Labute approximate surface area is 153 Å². The van der Waals surface area contributed by atoms with Crippen LogP contribution in [0.5, 0.6) is 0 Å². The average molecular weight is 358 g/mol. The van der Waals surface area contributed by atoms with Gasteiger partial charge in [0.2, 0.25) is 5.91 Å². The zero-order valence-electron chi connectivity index (χ0n) is 15.6. The van der Waals surface area contributed by atoms with Crippen molar-refractivity contribution in [3.63, 3.8) is 0 Å². The second-order valence-electron chi connectivity index (χ2n) is 6.87. The quantitative estimate of drug-likeness (QED) is 0.911. The number of nitrogens with one attached hydrogen (secondary N) is 1. The highest BCUT2D eigenvalue weighted by Crippen LogP contribution is 2.19. The molecule has 1 N–H and O–H groups in total. The molecule has 2 heterocycles. The Bertz CT molecular complexity index is 791. The number of hydrogen-bond donors (Lipinski definition) is 1. The van der Waals surface area contributed by atoms with Crippen molar-refractivity contribution in [1.29, 1.82) is 0 Å². The Balaban J connectivity index is 1.60. The summed E-state index contributed by atoms with van der Waals surface area (Å²) in [4.78, 5) is 35.7. The first-order valence-corrected chi connectivity index (χ1v) is 9.16. The van der Waals surface area contributed by atoms with Crippen LogP contribution in [0.4, 0.5) is 4.79 Å². The van der Waals surface area contributed by atoms with Gasteiger partial charge in [-0.1, -0.05) is 19.9 Å². The van der Waals surface area contributed by atoms with Gasteiger partial charge in [-0.15, -0.1) is 0 Å². The summed E-state index contributed by atoms with van der Waals surface area (Å²) in [5, 5.41) is 0. The van der Waals surface area contributed by atoms with Crippen LogP contribution in [-0.2, 0) is 16.0 Å². The molecular formula is C19H26N4O3. The van der Waals surface area contributed by atoms with Gasteiger partial charge in [0.25, 0.3) is 0 Å². The number of amides is 2. The minimum atomic E-state index is -0.301. The molecule has 1 saturated heterocycles. The van der Waals surface area contributed by atoms with Crippen LogP contribution in [0.25, 0.3) is 11.0 Å². The second kappa shape index (κ2) is 7.76. The summed E-state index contributed by atoms with van der Waals surface area (Å²) in [5.74, 6) is 1.37. The molecule has 0 radical (unpaired) electrons. The van der Waals surface area contributed by atoms with Gasteiger partial charge < -0.3 is 19.5 Å². The highest BCUT2D eigenvalue weighted by atomic mass is 16.6. The van der Waals surface area contributed by atoms with Crippen molar-refractivity contribution < 1.29 is 14.3 Å². The molecule has 0 atom stereocenters. The van der Waals surface area contributed by atoms with Crippen molar-refractivity contribution in [3.05, 3.63) is 29.6 Å². The zero-order chi connectivity index (χ0) is 18.7. The molecule has 2 aromatic rings. The number of rotatable bonds is 4. The fraction of sp³-hybridized carbons (Fsp3) is 0.526. The zero-order valence-corrected chi connectivity index (χ0v) is 15.6. The molecule has 0 saturated carbocycles. The number of ether oxygens (including phenoxy) is 1. The van der Waals surface area contributed by atoms with Crippen molar-refractivity contribution in [2.24, 2.45) is 0 Å². The van der Waals surface area contributed by atoms with Gasteiger partial charge in [0, 0.05) is 32.1 Å². The Kier molecular flexibility index (Phi) is 5.44. The fourth-order valence-electron chi connectivity index (χ4n) is 3.10. The van der Waals surface area contributed by atoms with E-state index in [-0.39, 0.29) is 12.0 Å². The maximum absolute atomic E-state index is 12.6. The monoisotopic (exact) mass is 358 g/mol. The van der Waals surface area contributed by atoms with Gasteiger partial charge in [0.15, 0.2) is 0 Å². The SMILES string of the molecule is CCOC(=O)N1CCN(C(=O)Cc2ccc3nc(C(C)C)[nH]c3c2)CC1. The molecular weight excluding hydrogens is 332 g/mol. The molecule has 1 aliphatic heterocycles. The number of benzene rings is 1. The van der Waals surface area contributed by atoms with Crippen LogP contribution in [0.3, 0.4) is 0 Å². The van der Waals surface area contributed by atoms with Gasteiger partial charge in [-0.05, 0) is 24.6 Å². The van der Waals surface area contributed by atoms with Gasteiger partial charge in [0.05, 0.1) is 24.1 Å². The van der Waals surface area contributed by atoms with Crippen LogP contribution in [0.2, 0.25) is 0 Å². The van der Waals surface area contributed by atoms with Crippen molar-refractivity contribution in [3.8, 4) is 0 Å². The minimum Gasteiger partial charge on any atom is -0.450 e. The smallest absolute Gasteiger partial charge is 0.409 e. The van der Waals surface area contributed by atoms with E-state index in [4.69, 9.17) is 4.74 Å². The Hall–Kier alpha value is -2.57. The first-order valence-electron chi connectivity index (χ1n) is 9.16.